The van der Waals surface area contributed by atoms with E-state index in [1.807, 2.05) is 28.8 Å². The number of pyridine rings is 1. The maximum atomic E-state index is 13.7. The van der Waals surface area contributed by atoms with Gasteiger partial charge in [0.15, 0.2) is 0 Å². The molecule has 1 amide bonds. The third kappa shape index (κ3) is 2.54. The lowest BCUT2D eigenvalue weighted by atomic mass is 9.89. The fraction of sp³-hybridized carbons (Fsp3) is 0.222. The number of amides is 1. The van der Waals surface area contributed by atoms with Crippen molar-refractivity contribution >= 4 is 17.2 Å². The monoisotopic (exact) mass is 327 g/mol. The number of hydrogen-bond donors (Lipinski definition) is 1. The number of benzene rings is 1. The number of nitrogens with zero attached hydrogens (tertiary/aromatic N) is 2. The van der Waals surface area contributed by atoms with E-state index in [9.17, 15) is 13.6 Å². The lowest BCUT2D eigenvalue weighted by Crippen LogP contribution is -2.29. The van der Waals surface area contributed by atoms with Crippen LogP contribution in [0.1, 0.15) is 17.8 Å². The first-order valence-corrected chi connectivity index (χ1v) is 7.82. The van der Waals surface area contributed by atoms with Gasteiger partial charge in [-0.15, -0.1) is 0 Å². The van der Waals surface area contributed by atoms with Crippen molar-refractivity contribution in [1.29, 1.82) is 0 Å². The molecule has 6 heteroatoms. The molecule has 0 fully saturated rings. The maximum Gasteiger partial charge on any atom is 0.227 e. The molecule has 24 heavy (non-hydrogen) atoms. The number of halogens is 2. The van der Waals surface area contributed by atoms with Crippen molar-refractivity contribution in [2.24, 2.45) is 5.92 Å². The number of carbonyl (C=O) groups excluding carboxylic acids is 1. The standard InChI is InChI=1S/C18H15F2N3O/c19-12-5-7-14(13(20)10-12)22-18(24)11-4-6-15-16(9-11)23-8-2-1-3-17(23)21-15/h1-3,5,7-8,10-11H,4,6,9H2,(H,22,24). The molecule has 1 aromatic carbocycles. The van der Waals surface area contributed by atoms with Crippen molar-refractivity contribution < 1.29 is 13.6 Å². The molecule has 0 bridgehead atoms. The van der Waals surface area contributed by atoms with E-state index in [0.717, 1.165) is 29.2 Å². The molecule has 122 valence electrons. The first-order chi connectivity index (χ1) is 11.6. The van der Waals surface area contributed by atoms with E-state index in [0.29, 0.717) is 19.3 Å². The van der Waals surface area contributed by atoms with E-state index in [2.05, 4.69) is 10.3 Å². The van der Waals surface area contributed by atoms with Crippen LogP contribution in [0, 0.1) is 17.6 Å². The van der Waals surface area contributed by atoms with Gasteiger partial charge in [0.2, 0.25) is 5.91 Å². The molecular formula is C18H15F2N3O. The molecule has 0 radical (unpaired) electrons. The molecule has 1 atom stereocenters. The van der Waals surface area contributed by atoms with Crippen LogP contribution in [0.2, 0.25) is 0 Å². The second-order valence-electron chi connectivity index (χ2n) is 5.99. The van der Waals surface area contributed by atoms with Crippen molar-refractivity contribution in [3.8, 4) is 0 Å². The highest BCUT2D eigenvalue weighted by Crippen LogP contribution is 2.27. The van der Waals surface area contributed by atoms with E-state index in [-0.39, 0.29) is 17.5 Å². The van der Waals surface area contributed by atoms with E-state index in [1.54, 1.807) is 0 Å². The maximum absolute atomic E-state index is 13.7. The largest absolute Gasteiger partial charge is 0.323 e. The summed E-state index contributed by atoms with van der Waals surface area (Å²) >= 11 is 0. The number of carbonyl (C=O) groups is 1. The minimum Gasteiger partial charge on any atom is -0.323 e. The van der Waals surface area contributed by atoms with Crippen molar-refractivity contribution in [2.75, 3.05) is 5.32 Å². The van der Waals surface area contributed by atoms with Crippen LogP contribution in [0.3, 0.4) is 0 Å². The number of nitrogens with one attached hydrogen (secondary N) is 1. The summed E-state index contributed by atoms with van der Waals surface area (Å²) in [4.78, 5) is 17.1. The summed E-state index contributed by atoms with van der Waals surface area (Å²) in [6, 6.07) is 8.91. The Morgan fingerprint density at radius 1 is 1.25 bits per heavy atom. The molecule has 1 aliphatic carbocycles. The summed E-state index contributed by atoms with van der Waals surface area (Å²) in [5, 5.41) is 2.57. The van der Waals surface area contributed by atoms with Crippen LogP contribution in [-0.2, 0) is 17.6 Å². The van der Waals surface area contributed by atoms with E-state index < -0.39 is 11.6 Å². The lowest BCUT2D eigenvalue weighted by Gasteiger charge is -2.21. The van der Waals surface area contributed by atoms with Gasteiger partial charge in [-0.05, 0) is 37.1 Å². The highest BCUT2D eigenvalue weighted by Gasteiger charge is 2.28. The van der Waals surface area contributed by atoms with Crippen molar-refractivity contribution in [2.45, 2.75) is 19.3 Å². The Morgan fingerprint density at radius 3 is 2.96 bits per heavy atom. The molecule has 1 unspecified atom stereocenters. The highest BCUT2D eigenvalue weighted by molar-refractivity contribution is 5.93. The summed E-state index contributed by atoms with van der Waals surface area (Å²) in [5.74, 6) is -1.95. The molecule has 4 rings (SSSR count). The molecule has 1 N–H and O–H groups in total. The summed E-state index contributed by atoms with van der Waals surface area (Å²) in [6.07, 6.45) is 3.85. The van der Waals surface area contributed by atoms with Gasteiger partial charge in [-0.2, -0.15) is 0 Å². The van der Waals surface area contributed by atoms with E-state index >= 15 is 0 Å². The Morgan fingerprint density at radius 2 is 2.12 bits per heavy atom. The van der Waals surface area contributed by atoms with Gasteiger partial charge < -0.3 is 9.72 Å². The van der Waals surface area contributed by atoms with Crippen molar-refractivity contribution in [3.63, 3.8) is 0 Å². The average molecular weight is 327 g/mol. The van der Waals surface area contributed by atoms with Crippen molar-refractivity contribution in [3.05, 3.63) is 65.6 Å². The summed E-state index contributed by atoms with van der Waals surface area (Å²) < 4.78 is 28.7. The Balaban J connectivity index is 1.56. The van der Waals surface area contributed by atoms with Gasteiger partial charge in [0, 0.05) is 30.3 Å². The van der Waals surface area contributed by atoms with Gasteiger partial charge in [-0.25, -0.2) is 13.8 Å². The summed E-state index contributed by atoms with van der Waals surface area (Å²) in [5.41, 5.74) is 2.91. The zero-order chi connectivity index (χ0) is 16.7. The van der Waals surface area contributed by atoms with Gasteiger partial charge in [-0.3, -0.25) is 4.79 Å². The van der Waals surface area contributed by atoms with Crippen LogP contribution in [0.5, 0.6) is 0 Å². The van der Waals surface area contributed by atoms with Crippen LogP contribution < -0.4 is 5.32 Å². The minimum atomic E-state index is -0.769. The average Bonchev–Trinajstić information content (AvgIpc) is 2.95. The fourth-order valence-corrected chi connectivity index (χ4v) is 3.21. The molecule has 0 aliphatic heterocycles. The van der Waals surface area contributed by atoms with E-state index in [4.69, 9.17) is 0 Å². The molecule has 2 aromatic heterocycles. The van der Waals surface area contributed by atoms with Crippen LogP contribution >= 0.6 is 0 Å². The summed E-state index contributed by atoms with van der Waals surface area (Å²) in [6.45, 7) is 0. The number of aryl methyl sites for hydroxylation is 1. The highest BCUT2D eigenvalue weighted by atomic mass is 19.1. The second-order valence-corrected chi connectivity index (χ2v) is 5.99. The zero-order valence-electron chi connectivity index (χ0n) is 12.8. The Hall–Kier alpha value is -2.76. The van der Waals surface area contributed by atoms with Crippen LogP contribution in [0.15, 0.2) is 42.6 Å². The molecule has 0 saturated heterocycles. The quantitative estimate of drug-likeness (QED) is 0.784. The van der Waals surface area contributed by atoms with Gasteiger partial charge in [-0.1, -0.05) is 6.07 Å². The zero-order valence-corrected chi connectivity index (χ0v) is 12.8. The van der Waals surface area contributed by atoms with Crippen LogP contribution in [0.25, 0.3) is 5.65 Å². The molecule has 0 saturated carbocycles. The lowest BCUT2D eigenvalue weighted by molar-refractivity contribution is -0.120. The molecule has 0 spiro atoms. The number of anilines is 1. The first-order valence-electron chi connectivity index (χ1n) is 7.82. The smallest absolute Gasteiger partial charge is 0.227 e. The Bertz CT molecular complexity index is 935. The SMILES string of the molecule is O=C(Nc1ccc(F)cc1F)C1CCc2nc3ccccn3c2C1. The molecule has 4 nitrogen and oxygen atoms in total. The predicted molar refractivity (Wildman–Crippen MR) is 85.7 cm³/mol. The number of imidazole rings is 1. The third-order valence-electron chi connectivity index (χ3n) is 4.44. The molecule has 1 aliphatic rings. The van der Waals surface area contributed by atoms with Gasteiger partial charge >= 0.3 is 0 Å². The third-order valence-corrected chi connectivity index (χ3v) is 4.44. The normalized spacial score (nSPS) is 16.8. The fourth-order valence-electron chi connectivity index (χ4n) is 3.21. The molecule has 2 heterocycles. The topological polar surface area (TPSA) is 46.4 Å². The summed E-state index contributed by atoms with van der Waals surface area (Å²) in [7, 11) is 0. The first kappa shape index (κ1) is 14.8. The van der Waals surface area contributed by atoms with Gasteiger partial charge in [0.05, 0.1) is 11.4 Å². The van der Waals surface area contributed by atoms with Crippen molar-refractivity contribution in [1.82, 2.24) is 9.38 Å². The Labute approximate surface area is 137 Å². The van der Waals surface area contributed by atoms with Gasteiger partial charge in [0.1, 0.15) is 17.3 Å². The molecular weight excluding hydrogens is 312 g/mol. The van der Waals surface area contributed by atoms with Crippen LogP contribution in [0.4, 0.5) is 14.5 Å². The number of hydrogen-bond acceptors (Lipinski definition) is 2. The number of aromatic nitrogens is 2. The predicted octanol–water partition coefficient (Wildman–Crippen LogP) is 3.36. The second kappa shape index (κ2) is 5.70. The van der Waals surface area contributed by atoms with Gasteiger partial charge in [0.25, 0.3) is 0 Å². The molecule has 3 aromatic rings. The minimum absolute atomic E-state index is 0.00494. The Kier molecular flexibility index (Phi) is 3.52. The van der Waals surface area contributed by atoms with E-state index in [1.165, 1.54) is 6.07 Å². The number of fused-ring (bicyclic) bond motifs is 3. The number of rotatable bonds is 2. The van der Waals surface area contributed by atoms with Crippen LogP contribution in [-0.4, -0.2) is 15.3 Å².